The van der Waals surface area contributed by atoms with Gasteiger partial charge in [-0.2, -0.15) is 0 Å². The lowest BCUT2D eigenvalue weighted by Gasteiger charge is -2.23. The Kier molecular flexibility index (Phi) is 5.13. The van der Waals surface area contributed by atoms with Crippen LogP contribution in [0.3, 0.4) is 0 Å². The summed E-state index contributed by atoms with van der Waals surface area (Å²) in [4.78, 5) is 31.4. The van der Waals surface area contributed by atoms with Crippen LogP contribution < -0.4 is 4.90 Å². The minimum absolute atomic E-state index is 0.0811. The molecule has 1 aliphatic rings. The van der Waals surface area contributed by atoms with E-state index in [2.05, 4.69) is 4.98 Å². The fourth-order valence-electron chi connectivity index (χ4n) is 3.54. The van der Waals surface area contributed by atoms with Crippen LogP contribution in [0, 0.1) is 0 Å². The standard InChI is InChI=1S/C22H16Cl2N2O3/c23-17-7-3-8-18(24)15(17)13-26-19-9-2-1-6-16(19)22(29,21(26)28)11-20(27)14-5-4-10-25-12-14/h1-10,12,29H,11,13H2/t22-/m0/s1. The van der Waals surface area contributed by atoms with E-state index < -0.39 is 11.5 Å². The van der Waals surface area contributed by atoms with Crippen LogP contribution in [-0.4, -0.2) is 21.8 Å². The molecule has 0 radical (unpaired) electrons. The van der Waals surface area contributed by atoms with Crippen molar-refractivity contribution in [3.8, 4) is 0 Å². The largest absolute Gasteiger partial charge is 0.375 e. The lowest BCUT2D eigenvalue weighted by molar-refractivity contribution is -0.136. The summed E-state index contributed by atoms with van der Waals surface area (Å²) in [5.41, 5.74) is -0.168. The van der Waals surface area contributed by atoms with E-state index in [1.54, 1.807) is 60.8 Å². The molecule has 0 bridgehead atoms. The Labute approximate surface area is 177 Å². The lowest BCUT2D eigenvalue weighted by Crippen LogP contribution is -2.41. The number of amides is 1. The number of aliphatic hydroxyl groups is 1. The predicted molar refractivity (Wildman–Crippen MR) is 111 cm³/mol. The summed E-state index contributed by atoms with van der Waals surface area (Å²) in [6, 6.07) is 15.2. The Morgan fingerprint density at radius 1 is 1.03 bits per heavy atom. The van der Waals surface area contributed by atoms with Crippen molar-refractivity contribution in [2.75, 3.05) is 4.90 Å². The third kappa shape index (κ3) is 3.42. The Morgan fingerprint density at radius 3 is 2.45 bits per heavy atom. The normalized spacial score (nSPS) is 18.0. The molecule has 29 heavy (non-hydrogen) atoms. The smallest absolute Gasteiger partial charge is 0.264 e. The second-order valence-electron chi connectivity index (χ2n) is 6.81. The minimum atomic E-state index is -1.97. The van der Waals surface area contributed by atoms with Crippen LogP contribution in [0.2, 0.25) is 10.0 Å². The summed E-state index contributed by atoms with van der Waals surface area (Å²) in [6.07, 6.45) is 2.58. The molecule has 146 valence electrons. The van der Waals surface area contributed by atoms with Crippen molar-refractivity contribution in [3.05, 3.63) is 93.7 Å². The molecule has 4 rings (SSSR count). The maximum atomic E-state index is 13.3. The highest BCUT2D eigenvalue weighted by Crippen LogP contribution is 2.44. The van der Waals surface area contributed by atoms with E-state index >= 15 is 0 Å². The number of carbonyl (C=O) groups is 2. The third-order valence-corrected chi connectivity index (χ3v) is 5.73. The molecule has 2 aromatic carbocycles. The van der Waals surface area contributed by atoms with Crippen LogP contribution in [0.4, 0.5) is 5.69 Å². The molecular formula is C22H16Cl2N2O3. The van der Waals surface area contributed by atoms with Crippen LogP contribution in [0.5, 0.6) is 0 Å². The zero-order chi connectivity index (χ0) is 20.6. The highest BCUT2D eigenvalue weighted by molar-refractivity contribution is 6.36. The number of halogens is 2. The highest BCUT2D eigenvalue weighted by atomic mass is 35.5. The van der Waals surface area contributed by atoms with E-state index in [0.717, 1.165) is 0 Å². The van der Waals surface area contributed by atoms with Crippen molar-refractivity contribution in [1.82, 2.24) is 4.98 Å². The number of anilines is 1. The number of pyridine rings is 1. The zero-order valence-corrected chi connectivity index (χ0v) is 16.7. The van der Waals surface area contributed by atoms with Crippen LogP contribution in [0.1, 0.15) is 27.9 Å². The number of benzene rings is 2. The van der Waals surface area contributed by atoms with Gasteiger partial charge in [0.15, 0.2) is 11.4 Å². The molecule has 1 atom stereocenters. The summed E-state index contributed by atoms with van der Waals surface area (Å²) < 4.78 is 0. The van der Waals surface area contributed by atoms with E-state index in [0.29, 0.717) is 32.4 Å². The summed E-state index contributed by atoms with van der Waals surface area (Å²) in [6.45, 7) is 0.0811. The molecule has 0 unspecified atom stereocenters. The van der Waals surface area contributed by atoms with Crippen molar-refractivity contribution < 1.29 is 14.7 Å². The van der Waals surface area contributed by atoms with Crippen LogP contribution >= 0.6 is 23.2 Å². The van der Waals surface area contributed by atoms with Crippen LogP contribution in [-0.2, 0) is 16.9 Å². The Hall–Kier alpha value is -2.73. The highest BCUT2D eigenvalue weighted by Gasteiger charge is 2.50. The Balaban J connectivity index is 1.72. The first-order valence-electron chi connectivity index (χ1n) is 8.92. The van der Waals surface area contributed by atoms with Gasteiger partial charge < -0.3 is 10.0 Å². The molecule has 5 nitrogen and oxygen atoms in total. The molecule has 1 aliphatic heterocycles. The Bertz CT molecular complexity index is 1080. The van der Waals surface area contributed by atoms with Gasteiger partial charge in [0.05, 0.1) is 18.7 Å². The first kappa shape index (κ1) is 19.6. The fraction of sp³-hybridized carbons (Fsp3) is 0.136. The summed E-state index contributed by atoms with van der Waals surface area (Å²) >= 11 is 12.5. The quantitative estimate of drug-likeness (QED) is 0.613. The van der Waals surface area contributed by atoms with Crippen molar-refractivity contribution in [1.29, 1.82) is 0 Å². The minimum Gasteiger partial charge on any atom is -0.375 e. The number of rotatable bonds is 5. The molecule has 0 aliphatic carbocycles. The topological polar surface area (TPSA) is 70.5 Å². The van der Waals surface area contributed by atoms with E-state index in [9.17, 15) is 14.7 Å². The number of Topliss-reactive ketones (excluding diaryl/α,β-unsaturated/α-hetero) is 1. The second kappa shape index (κ2) is 7.59. The molecular weight excluding hydrogens is 411 g/mol. The number of aromatic nitrogens is 1. The number of nitrogens with zero attached hydrogens (tertiary/aromatic N) is 2. The number of hydrogen-bond acceptors (Lipinski definition) is 4. The van der Waals surface area contributed by atoms with E-state index in [1.807, 2.05) is 0 Å². The second-order valence-corrected chi connectivity index (χ2v) is 7.62. The average molecular weight is 427 g/mol. The molecule has 0 saturated heterocycles. The van der Waals surface area contributed by atoms with Gasteiger partial charge in [0.2, 0.25) is 0 Å². The summed E-state index contributed by atoms with van der Waals surface area (Å²) in [5.74, 6) is -0.965. The Morgan fingerprint density at radius 2 is 1.76 bits per heavy atom. The summed E-state index contributed by atoms with van der Waals surface area (Å²) in [5, 5.41) is 12.2. The van der Waals surface area contributed by atoms with Gasteiger partial charge in [0.1, 0.15) is 0 Å². The molecule has 3 aromatic rings. The molecule has 0 saturated carbocycles. The molecule has 1 amide bonds. The average Bonchev–Trinajstić information content (AvgIpc) is 2.93. The maximum absolute atomic E-state index is 13.3. The first-order chi connectivity index (χ1) is 13.9. The van der Waals surface area contributed by atoms with Gasteiger partial charge in [-0.25, -0.2) is 0 Å². The molecule has 1 N–H and O–H groups in total. The van der Waals surface area contributed by atoms with E-state index in [4.69, 9.17) is 23.2 Å². The molecule has 0 spiro atoms. The van der Waals surface area contributed by atoms with E-state index in [-0.39, 0.29) is 18.7 Å². The van der Waals surface area contributed by atoms with E-state index in [1.165, 1.54) is 11.1 Å². The van der Waals surface area contributed by atoms with Gasteiger partial charge in [-0.05, 0) is 30.3 Å². The van der Waals surface area contributed by atoms with Gasteiger partial charge in [-0.3, -0.25) is 14.6 Å². The van der Waals surface area contributed by atoms with Crippen LogP contribution in [0.25, 0.3) is 0 Å². The van der Waals surface area contributed by atoms with Crippen molar-refractivity contribution >= 4 is 40.6 Å². The number of ketones is 1. The number of carbonyl (C=O) groups excluding carboxylic acids is 2. The molecule has 2 heterocycles. The zero-order valence-electron chi connectivity index (χ0n) is 15.2. The van der Waals surface area contributed by atoms with Crippen molar-refractivity contribution in [2.24, 2.45) is 0 Å². The first-order valence-corrected chi connectivity index (χ1v) is 9.67. The van der Waals surface area contributed by atoms with Gasteiger partial charge in [0, 0.05) is 39.1 Å². The number of para-hydroxylation sites is 1. The monoisotopic (exact) mass is 426 g/mol. The molecule has 0 fully saturated rings. The van der Waals surface area contributed by atoms with Gasteiger partial charge in [-0.15, -0.1) is 0 Å². The van der Waals surface area contributed by atoms with Gasteiger partial charge >= 0.3 is 0 Å². The maximum Gasteiger partial charge on any atom is 0.264 e. The van der Waals surface area contributed by atoms with Crippen molar-refractivity contribution in [2.45, 2.75) is 18.6 Å². The lowest BCUT2D eigenvalue weighted by atomic mass is 9.88. The fourth-order valence-corrected chi connectivity index (χ4v) is 4.06. The summed E-state index contributed by atoms with van der Waals surface area (Å²) in [7, 11) is 0. The predicted octanol–water partition coefficient (Wildman–Crippen LogP) is 4.40. The van der Waals surface area contributed by atoms with Gasteiger partial charge in [0.25, 0.3) is 5.91 Å². The van der Waals surface area contributed by atoms with Crippen LogP contribution in [0.15, 0.2) is 67.0 Å². The van der Waals surface area contributed by atoms with Gasteiger partial charge in [-0.1, -0.05) is 47.5 Å². The number of fused-ring (bicyclic) bond motifs is 1. The third-order valence-electron chi connectivity index (χ3n) is 5.02. The van der Waals surface area contributed by atoms with Crippen molar-refractivity contribution in [3.63, 3.8) is 0 Å². The SMILES string of the molecule is O=C(C[C@@]1(O)C(=O)N(Cc2c(Cl)cccc2Cl)c2ccccc21)c1cccnc1. The molecule has 7 heteroatoms. The molecule has 1 aromatic heterocycles. The number of hydrogen-bond donors (Lipinski definition) is 1.